The third-order valence-corrected chi connectivity index (χ3v) is 6.66. The molecule has 0 fully saturated rings. The summed E-state index contributed by atoms with van der Waals surface area (Å²) in [7, 11) is -2.37. The molecule has 0 saturated heterocycles. The molecule has 1 aromatic heterocycles. The summed E-state index contributed by atoms with van der Waals surface area (Å²) >= 11 is 6.22. The number of aromatic nitrogens is 1. The second-order valence-electron chi connectivity index (χ2n) is 6.87. The van der Waals surface area contributed by atoms with Crippen LogP contribution in [0.2, 0.25) is 5.02 Å². The van der Waals surface area contributed by atoms with Crippen LogP contribution in [-0.2, 0) is 10.0 Å². The zero-order valence-corrected chi connectivity index (χ0v) is 18.8. The predicted octanol–water partition coefficient (Wildman–Crippen LogP) is 3.92. The number of fused-ring (bicyclic) bond motifs is 1. The number of ether oxygens (including phenoxy) is 1. The Balaban J connectivity index is 2.21. The molecule has 10 heteroatoms. The molecule has 0 unspecified atom stereocenters. The van der Waals surface area contributed by atoms with Gasteiger partial charge in [-0.15, -0.1) is 0 Å². The zero-order valence-electron chi connectivity index (χ0n) is 17.2. The lowest BCUT2D eigenvalue weighted by atomic mass is 10.0. The van der Waals surface area contributed by atoms with Crippen LogP contribution in [0.5, 0.6) is 5.75 Å². The maximum atomic E-state index is 13.4. The van der Waals surface area contributed by atoms with Gasteiger partial charge in [-0.1, -0.05) is 24.9 Å². The van der Waals surface area contributed by atoms with E-state index in [2.05, 4.69) is 10.5 Å². The Morgan fingerprint density at radius 3 is 2.58 bits per heavy atom. The quantitative estimate of drug-likeness (QED) is 0.266. The van der Waals surface area contributed by atoms with Gasteiger partial charge in [0.2, 0.25) is 5.96 Å². The van der Waals surface area contributed by atoms with Crippen LogP contribution in [0.4, 0.5) is 0 Å². The summed E-state index contributed by atoms with van der Waals surface area (Å²) in [6.07, 6.45) is 3.86. The number of hydrogen-bond donors (Lipinski definition) is 3. The van der Waals surface area contributed by atoms with E-state index >= 15 is 0 Å². The van der Waals surface area contributed by atoms with Gasteiger partial charge in [-0.25, -0.2) is 17.8 Å². The summed E-state index contributed by atoms with van der Waals surface area (Å²) < 4.78 is 33.2. The Hall–Kier alpha value is -3.04. The van der Waals surface area contributed by atoms with Crippen molar-refractivity contribution in [1.82, 2.24) is 9.40 Å². The fraction of sp³-hybridized carbons (Fsp3) is 0.238. The fourth-order valence-electron chi connectivity index (χ4n) is 3.19. The molecule has 2 aromatic carbocycles. The summed E-state index contributed by atoms with van der Waals surface area (Å²) in [5.74, 6) is 0.259. The van der Waals surface area contributed by atoms with Gasteiger partial charge in [-0.05, 0) is 55.3 Å². The third-order valence-electron chi connectivity index (χ3n) is 4.74. The number of nitrogens with one attached hydrogen (secondary N) is 2. The van der Waals surface area contributed by atoms with Gasteiger partial charge in [0, 0.05) is 22.2 Å². The van der Waals surface area contributed by atoms with E-state index in [0.717, 1.165) is 12.8 Å². The molecule has 164 valence electrons. The molecule has 0 aliphatic rings. The Kier molecular flexibility index (Phi) is 6.87. The van der Waals surface area contributed by atoms with Gasteiger partial charge >= 0.3 is 0 Å². The first-order chi connectivity index (χ1) is 14.8. The minimum atomic E-state index is -3.89. The van der Waals surface area contributed by atoms with Gasteiger partial charge in [-0.2, -0.15) is 5.10 Å². The minimum absolute atomic E-state index is 0.126. The van der Waals surface area contributed by atoms with Crippen molar-refractivity contribution >= 4 is 44.2 Å². The Morgan fingerprint density at radius 1 is 1.26 bits per heavy atom. The van der Waals surface area contributed by atoms with Crippen molar-refractivity contribution in [3.8, 4) is 5.75 Å². The lowest BCUT2D eigenvalue weighted by Gasteiger charge is -2.08. The number of benzene rings is 2. The van der Waals surface area contributed by atoms with E-state index in [1.807, 2.05) is 6.92 Å². The van der Waals surface area contributed by atoms with Crippen LogP contribution < -0.4 is 15.9 Å². The van der Waals surface area contributed by atoms with Crippen molar-refractivity contribution in [3.05, 3.63) is 59.2 Å². The number of rotatable bonds is 8. The standard InChI is InChI=1S/C21H24ClN5O3S/c1-3-4-5-19(25-26-21(23)24)18-13-27(20-11-6-14(22)12-17(18)20)31(28,29)16-9-7-15(30-2)8-10-16/h6-13H,3-5H2,1-2H3,(H4,23,24,26)/b25-19+. The minimum Gasteiger partial charge on any atom is -0.497 e. The Bertz CT molecular complexity index is 1230. The normalized spacial score (nSPS) is 12.2. The van der Waals surface area contributed by atoms with E-state index in [1.54, 1.807) is 30.3 Å². The fourth-order valence-corrected chi connectivity index (χ4v) is 4.73. The summed E-state index contributed by atoms with van der Waals surface area (Å²) in [6.45, 7) is 2.05. The van der Waals surface area contributed by atoms with Crippen molar-refractivity contribution in [1.29, 1.82) is 5.41 Å². The molecular weight excluding hydrogens is 438 g/mol. The highest BCUT2D eigenvalue weighted by atomic mass is 35.5. The molecule has 3 rings (SSSR count). The lowest BCUT2D eigenvalue weighted by Crippen LogP contribution is -2.27. The molecule has 0 atom stereocenters. The van der Waals surface area contributed by atoms with Gasteiger partial charge in [0.25, 0.3) is 10.0 Å². The van der Waals surface area contributed by atoms with E-state index in [0.29, 0.717) is 39.4 Å². The molecule has 8 nitrogen and oxygen atoms in total. The number of nitrogens with two attached hydrogens (primary N) is 1. The van der Waals surface area contributed by atoms with E-state index in [9.17, 15) is 8.42 Å². The highest BCUT2D eigenvalue weighted by Gasteiger charge is 2.23. The third kappa shape index (κ3) is 4.83. The molecule has 1 heterocycles. The molecule has 3 aromatic rings. The predicted molar refractivity (Wildman–Crippen MR) is 124 cm³/mol. The van der Waals surface area contributed by atoms with Crippen LogP contribution >= 0.6 is 11.6 Å². The first kappa shape index (κ1) is 22.6. The first-order valence-corrected chi connectivity index (χ1v) is 11.5. The summed E-state index contributed by atoms with van der Waals surface area (Å²) in [4.78, 5) is 0.126. The average Bonchev–Trinajstić information content (AvgIpc) is 3.13. The Labute approximate surface area is 186 Å². The van der Waals surface area contributed by atoms with Gasteiger partial charge in [0.05, 0.1) is 23.2 Å². The average molecular weight is 462 g/mol. The summed E-state index contributed by atoms with van der Waals surface area (Å²) in [5, 5.41) is 12.8. The summed E-state index contributed by atoms with van der Waals surface area (Å²) in [5.41, 5.74) is 9.53. The van der Waals surface area contributed by atoms with Crippen LogP contribution in [0.15, 0.2) is 58.7 Å². The van der Waals surface area contributed by atoms with Gasteiger partial charge in [-0.3, -0.25) is 5.41 Å². The van der Waals surface area contributed by atoms with Crippen LogP contribution in [0, 0.1) is 5.41 Å². The van der Waals surface area contributed by atoms with Crippen LogP contribution in [0.3, 0.4) is 0 Å². The second kappa shape index (κ2) is 9.40. The van der Waals surface area contributed by atoms with Crippen molar-refractivity contribution < 1.29 is 13.2 Å². The topological polar surface area (TPSA) is 123 Å². The van der Waals surface area contributed by atoms with Crippen molar-refractivity contribution in [2.45, 2.75) is 31.1 Å². The lowest BCUT2D eigenvalue weighted by molar-refractivity contribution is 0.414. The summed E-state index contributed by atoms with van der Waals surface area (Å²) in [6, 6.07) is 11.2. The number of nitrogens with zero attached hydrogens (tertiary/aromatic N) is 2. The van der Waals surface area contributed by atoms with Crippen LogP contribution in [0.25, 0.3) is 10.9 Å². The number of unbranched alkanes of at least 4 members (excludes halogenated alkanes) is 1. The molecule has 4 N–H and O–H groups in total. The molecule has 0 saturated carbocycles. The molecule has 0 radical (unpaired) electrons. The molecule has 31 heavy (non-hydrogen) atoms. The van der Waals surface area contributed by atoms with Crippen molar-refractivity contribution in [2.75, 3.05) is 7.11 Å². The molecule has 0 aliphatic carbocycles. The van der Waals surface area contributed by atoms with E-state index < -0.39 is 10.0 Å². The Morgan fingerprint density at radius 2 is 1.97 bits per heavy atom. The number of hydrazone groups is 1. The maximum absolute atomic E-state index is 13.4. The largest absolute Gasteiger partial charge is 0.497 e. The van der Waals surface area contributed by atoms with Gasteiger partial charge < -0.3 is 10.5 Å². The molecular formula is C21H24ClN5O3S. The van der Waals surface area contributed by atoms with E-state index in [4.69, 9.17) is 27.5 Å². The maximum Gasteiger partial charge on any atom is 0.268 e. The van der Waals surface area contributed by atoms with Crippen LogP contribution in [0.1, 0.15) is 31.7 Å². The highest BCUT2D eigenvalue weighted by molar-refractivity contribution is 7.90. The second-order valence-corrected chi connectivity index (χ2v) is 9.12. The van der Waals surface area contributed by atoms with Crippen LogP contribution in [-0.4, -0.2) is 31.2 Å². The number of hydrogen-bond acceptors (Lipinski definition) is 5. The monoisotopic (exact) mass is 461 g/mol. The van der Waals surface area contributed by atoms with E-state index in [-0.39, 0.29) is 10.9 Å². The number of guanidine groups is 1. The molecule has 0 spiro atoms. The number of methoxy groups -OCH3 is 1. The smallest absolute Gasteiger partial charge is 0.268 e. The first-order valence-electron chi connectivity index (χ1n) is 9.65. The molecule has 0 aliphatic heterocycles. The zero-order chi connectivity index (χ0) is 22.6. The van der Waals surface area contributed by atoms with Crippen molar-refractivity contribution in [2.24, 2.45) is 10.8 Å². The SMILES string of the molecule is CCCC/C(=N\NC(=N)N)c1cn(S(=O)(=O)c2ccc(OC)cc2)c2ccc(Cl)cc12. The highest BCUT2D eigenvalue weighted by Crippen LogP contribution is 2.30. The number of halogens is 1. The molecule has 0 bridgehead atoms. The molecule has 0 amide bonds. The van der Waals surface area contributed by atoms with Crippen molar-refractivity contribution in [3.63, 3.8) is 0 Å². The van der Waals surface area contributed by atoms with Gasteiger partial charge in [0.15, 0.2) is 0 Å². The van der Waals surface area contributed by atoms with E-state index in [1.165, 1.54) is 29.4 Å². The van der Waals surface area contributed by atoms with Gasteiger partial charge in [0.1, 0.15) is 5.75 Å².